The Hall–Kier alpha value is -0.780. The summed E-state index contributed by atoms with van der Waals surface area (Å²) in [5.74, 6) is 0.339. The highest BCUT2D eigenvalue weighted by atomic mass is 35.5. The summed E-state index contributed by atoms with van der Waals surface area (Å²) >= 11 is 0. The Kier molecular flexibility index (Phi) is 7.84. The van der Waals surface area contributed by atoms with Crippen molar-refractivity contribution in [3.05, 3.63) is 35.4 Å². The molecule has 1 fully saturated rings. The fraction of sp³-hybridized carbons (Fsp3) is 0.647. The van der Waals surface area contributed by atoms with E-state index in [9.17, 15) is 13.2 Å². The zero-order chi connectivity index (χ0) is 16.2. The molecule has 0 spiro atoms. The predicted molar refractivity (Wildman–Crippen MR) is 89.9 cm³/mol. The zero-order valence-electron chi connectivity index (χ0n) is 13.7. The Morgan fingerprint density at radius 2 is 1.87 bits per heavy atom. The number of piperazine rings is 1. The molecule has 6 heteroatoms. The zero-order valence-corrected chi connectivity index (χ0v) is 14.5. The van der Waals surface area contributed by atoms with Crippen molar-refractivity contribution in [2.75, 3.05) is 26.2 Å². The molecule has 1 aromatic carbocycles. The van der Waals surface area contributed by atoms with E-state index in [4.69, 9.17) is 0 Å². The van der Waals surface area contributed by atoms with E-state index in [1.165, 1.54) is 12.1 Å². The van der Waals surface area contributed by atoms with Gasteiger partial charge >= 0.3 is 6.18 Å². The average molecular weight is 351 g/mol. The molecule has 1 aromatic rings. The van der Waals surface area contributed by atoms with Gasteiger partial charge in [-0.3, -0.25) is 4.90 Å². The van der Waals surface area contributed by atoms with E-state index in [0.717, 1.165) is 50.7 Å². The molecule has 1 aliphatic rings. The summed E-state index contributed by atoms with van der Waals surface area (Å²) < 4.78 is 39.0. The van der Waals surface area contributed by atoms with Crippen molar-refractivity contribution in [2.45, 2.75) is 38.9 Å². The molecular formula is C17H26ClF3N2. The molecule has 2 atom stereocenters. The van der Waals surface area contributed by atoms with Crippen LogP contribution in [-0.4, -0.2) is 31.1 Å². The summed E-state index contributed by atoms with van der Waals surface area (Å²) in [6, 6.07) is 5.92. The van der Waals surface area contributed by atoms with Crippen molar-refractivity contribution < 1.29 is 13.2 Å². The first-order chi connectivity index (χ1) is 10.4. The number of nitrogens with one attached hydrogen (secondary N) is 1. The van der Waals surface area contributed by atoms with Crippen LogP contribution >= 0.6 is 12.4 Å². The van der Waals surface area contributed by atoms with Crippen LogP contribution in [-0.2, 0) is 6.18 Å². The third-order valence-corrected chi connectivity index (χ3v) is 4.38. The quantitative estimate of drug-likeness (QED) is 0.840. The maximum Gasteiger partial charge on any atom is 0.416 e. The van der Waals surface area contributed by atoms with Crippen LogP contribution in [0.2, 0.25) is 0 Å². The van der Waals surface area contributed by atoms with Gasteiger partial charge < -0.3 is 5.32 Å². The molecule has 1 N–H and O–H groups in total. The van der Waals surface area contributed by atoms with E-state index in [-0.39, 0.29) is 18.4 Å². The molecule has 0 amide bonds. The largest absolute Gasteiger partial charge is 0.416 e. The molecule has 0 aliphatic carbocycles. The highest BCUT2D eigenvalue weighted by Gasteiger charge is 2.33. The van der Waals surface area contributed by atoms with Gasteiger partial charge in [0, 0.05) is 32.2 Å². The maximum absolute atomic E-state index is 13.0. The smallest absolute Gasteiger partial charge is 0.314 e. The summed E-state index contributed by atoms with van der Waals surface area (Å²) in [5.41, 5.74) is 0.242. The summed E-state index contributed by atoms with van der Waals surface area (Å²) in [5, 5.41) is 3.31. The standard InChI is InChI=1S/C17H25F3N2.ClH/c1-3-5-13(2)16(22-10-8-21-9-11-22)14-6-4-7-15(12-14)17(18,19)20;/h4,6-7,12-13,16,21H,3,5,8-11H2,1-2H3;1H/t13?,16-;/m1./s1. The summed E-state index contributed by atoms with van der Waals surface area (Å²) in [6.07, 6.45) is -2.22. The summed E-state index contributed by atoms with van der Waals surface area (Å²) in [6.45, 7) is 7.83. The highest BCUT2D eigenvalue weighted by molar-refractivity contribution is 5.85. The van der Waals surface area contributed by atoms with Crippen molar-refractivity contribution in [1.29, 1.82) is 0 Å². The Morgan fingerprint density at radius 1 is 1.22 bits per heavy atom. The van der Waals surface area contributed by atoms with Gasteiger partial charge in [0.2, 0.25) is 0 Å². The first kappa shape index (κ1) is 20.3. The van der Waals surface area contributed by atoms with Gasteiger partial charge in [-0.25, -0.2) is 0 Å². The molecule has 0 aromatic heterocycles. The Morgan fingerprint density at radius 3 is 2.43 bits per heavy atom. The molecule has 2 nitrogen and oxygen atoms in total. The normalized spacial score (nSPS) is 19.0. The maximum atomic E-state index is 13.0. The first-order valence-corrected chi connectivity index (χ1v) is 8.05. The van der Waals surface area contributed by atoms with E-state index in [2.05, 4.69) is 24.1 Å². The van der Waals surface area contributed by atoms with Crippen LogP contribution in [0, 0.1) is 5.92 Å². The Balaban J connectivity index is 0.00000264. The number of hydrogen-bond acceptors (Lipinski definition) is 2. The molecule has 23 heavy (non-hydrogen) atoms. The van der Waals surface area contributed by atoms with Crippen LogP contribution in [0.5, 0.6) is 0 Å². The van der Waals surface area contributed by atoms with Crippen molar-refractivity contribution in [3.8, 4) is 0 Å². The van der Waals surface area contributed by atoms with Crippen LogP contribution in [0.4, 0.5) is 13.2 Å². The first-order valence-electron chi connectivity index (χ1n) is 8.05. The van der Waals surface area contributed by atoms with Gasteiger partial charge in [0.25, 0.3) is 0 Å². The molecule has 0 saturated carbocycles. The lowest BCUT2D eigenvalue weighted by atomic mass is 9.88. The van der Waals surface area contributed by atoms with Gasteiger partial charge in [-0.2, -0.15) is 13.2 Å². The van der Waals surface area contributed by atoms with E-state index < -0.39 is 11.7 Å². The van der Waals surface area contributed by atoms with Crippen molar-refractivity contribution in [1.82, 2.24) is 10.2 Å². The third kappa shape index (κ3) is 5.37. The molecule has 0 radical (unpaired) electrons. The highest BCUT2D eigenvalue weighted by Crippen LogP contribution is 2.36. The molecule has 1 aliphatic heterocycles. The third-order valence-electron chi connectivity index (χ3n) is 4.38. The van der Waals surface area contributed by atoms with E-state index in [1.807, 2.05) is 6.07 Å². The van der Waals surface area contributed by atoms with Gasteiger partial charge in [0.05, 0.1) is 5.56 Å². The second kappa shape index (κ2) is 8.90. The van der Waals surface area contributed by atoms with Crippen molar-refractivity contribution in [2.24, 2.45) is 5.92 Å². The number of halogens is 4. The van der Waals surface area contributed by atoms with Crippen molar-refractivity contribution in [3.63, 3.8) is 0 Å². The van der Waals surface area contributed by atoms with E-state index >= 15 is 0 Å². The van der Waals surface area contributed by atoms with Crippen LogP contribution in [0.3, 0.4) is 0 Å². The van der Waals surface area contributed by atoms with Gasteiger partial charge in [0.15, 0.2) is 0 Å². The SMILES string of the molecule is CCCC(C)[C@H](c1cccc(C(F)(F)F)c1)N1CCNCC1.Cl. The van der Waals surface area contributed by atoms with Crippen LogP contribution in [0.1, 0.15) is 43.9 Å². The van der Waals surface area contributed by atoms with Gasteiger partial charge in [-0.1, -0.05) is 32.4 Å². The van der Waals surface area contributed by atoms with Gasteiger partial charge in [0.1, 0.15) is 0 Å². The lowest BCUT2D eigenvalue weighted by Crippen LogP contribution is -2.46. The molecular weight excluding hydrogens is 325 g/mol. The number of hydrogen-bond donors (Lipinski definition) is 1. The molecule has 1 saturated heterocycles. The second-order valence-corrected chi connectivity index (χ2v) is 6.12. The molecule has 132 valence electrons. The minimum Gasteiger partial charge on any atom is -0.314 e. The average Bonchev–Trinajstić information content (AvgIpc) is 2.48. The van der Waals surface area contributed by atoms with Crippen molar-refractivity contribution >= 4 is 12.4 Å². The van der Waals surface area contributed by atoms with Crippen LogP contribution < -0.4 is 5.32 Å². The molecule has 1 heterocycles. The topological polar surface area (TPSA) is 15.3 Å². The molecule has 2 rings (SSSR count). The fourth-order valence-corrected chi connectivity index (χ4v) is 3.37. The Labute approximate surface area is 142 Å². The van der Waals surface area contributed by atoms with Crippen LogP contribution in [0.15, 0.2) is 24.3 Å². The van der Waals surface area contributed by atoms with E-state index in [0.29, 0.717) is 5.92 Å². The van der Waals surface area contributed by atoms with E-state index in [1.54, 1.807) is 0 Å². The minimum atomic E-state index is -4.28. The van der Waals surface area contributed by atoms with Crippen LogP contribution in [0.25, 0.3) is 0 Å². The number of alkyl halides is 3. The molecule has 1 unspecified atom stereocenters. The fourth-order valence-electron chi connectivity index (χ4n) is 3.37. The van der Waals surface area contributed by atoms with Gasteiger partial charge in [-0.15, -0.1) is 12.4 Å². The number of benzene rings is 1. The lowest BCUT2D eigenvalue weighted by molar-refractivity contribution is -0.137. The predicted octanol–water partition coefficient (Wildman–Crippen LogP) is 4.51. The summed E-state index contributed by atoms with van der Waals surface area (Å²) in [4.78, 5) is 2.33. The Bertz CT molecular complexity index is 473. The monoisotopic (exact) mass is 350 g/mol. The molecule has 0 bridgehead atoms. The minimum absolute atomic E-state index is 0. The van der Waals surface area contributed by atoms with Gasteiger partial charge in [-0.05, 0) is 30.0 Å². The number of nitrogens with zero attached hydrogens (tertiary/aromatic N) is 1. The number of rotatable bonds is 5. The second-order valence-electron chi connectivity index (χ2n) is 6.12. The lowest BCUT2D eigenvalue weighted by Gasteiger charge is -2.39. The summed E-state index contributed by atoms with van der Waals surface area (Å²) in [7, 11) is 0.